The van der Waals surface area contributed by atoms with Gasteiger partial charge in [0, 0.05) is 25.0 Å². The number of nitrogens with zero attached hydrogens (tertiary/aromatic N) is 2. The Morgan fingerprint density at radius 3 is 3.26 bits per heavy atom. The Balaban J connectivity index is 1.54. The van der Waals surface area contributed by atoms with E-state index in [1.165, 1.54) is 12.4 Å². The molecule has 0 aromatic carbocycles. The summed E-state index contributed by atoms with van der Waals surface area (Å²) in [5.74, 6) is 0.304. The number of ether oxygens (including phenoxy) is 1. The SMILES string of the molecule is O=C(NCC1CCC2NCCOC12)c1ccnnc1. The lowest BCUT2D eigenvalue weighted by atomic mass is 10.0. The standard InChI is InChI=1S/C13H18N4O2/c18-13(10-3-4-16-17-8-10)15-7-9-1-2-11-12(9)19-6-5-14-11/h3-4,8-9,11-12,14H,1-2,5-7H2,(H,15,18). The lowest BCUT2D eigenvalue weighted by Crippen LogP contribution is -2.48. The second-order valence-electron chi connectivity index (χ2n) is 5.07. The molecule has 1 aliphatic heterocycles. The van der Waals surface area contributed by atoms with Crippen LogP contribution in [0.25, 0.3) is 0 Å². The van der Waals surface area contributed by atoms with Gasteiger partial charge in [0.05, 0.1) is 30.7 Å². The summed E-state index contributed by atoms with van der Waals surface area (Å²) < 4.78 is 5.82. The van der Waals surface area contributed by atoms with Crippen LogP contribution < -0.4 is 10.6 Å². The van der Waals surface area contributed by atoms with E-state index in [-0.39, 0.29) is 12.0 Å². The Bertz CT molecular complexity index is 440. The number of carbonyl (C=O) groups excluding carboxylic acids is 1. The third-order valence-corrected chi connectivity index (χ3v) is 3.90. The summed E-state index contributed by atoms with van der Waals surface area (Å²) in [5, 5.41) is 13.8. The van der Waals surface area contributed by atoms with Crippen molar-refractivity contribution in [2.24, 2.45) is 5.92 Å². The fourth-order valence-corrected chi connectivity index (χ4v) is 2.93. The first-order valence-corrected chi connectivity index (χ1v) is 6.74. The van der Waals surface area contributed by atoms with Crippen molar-refractivity contribution in [1.29, 1.82) is 0 Å². The van der Waals surface area contributed by atoms with E-state index in [1.54, 1.807) is 6.07 Å². The minimum atomic E-state index is -0.0953. The molecule has 1 saturated carbocycles. The van der Waals surface area contributed by atoms with Crippen LogP contribution in [-0.4, -0.2) is 47.9 Å². The quantitative estimate of drug-likeness (QED) is 0.800. The van der Waals surface area contributed by atoms with E-state index in [0.29, 0.717) is 24.1 Å². The van der Waals surface area contributed by atoms with Crippen molar-refractivity contribution >= 4 is 5.91 Å². The van der Waals surface area contributed by atoms with Gasteiger partial charge in [0.25, 0.3) is 5.91 Å². The van der Waals surface area contributed by atoms with Crippen LogP contribution in [0.4, 0.5) is 0 Å². The minimum Gasteiger partial charge on any atom is -0.375 e. The number of hydrogen-bond acceptors (Lipinski definition) is 5. The zero-order valence-electron chi connectivity index (χ0n) is 10.7. The fourth-order valence-electron chi connectivity index (χ4n) is 2.93. The molecule has 1 saturated heterocycles. The number of morpholine rings is 1. The van der Waals surface area contributed by atoms with Gasteiger partial charge in [-0.3, -0.25) is 4.79 Å². The highest BCUT2D eigenvalue weighted by Gasteiger charge is 2.38. The topological polar surface area (TPSA) is 76.1 Å². The van der Waals surface area contributed by atoms with Crippen molar-refractivity contribution in [2.45, 2.75) is 25.0 Å². The third kappa shape index (κ3) is 2.74. The van der Waals surface area contributed by atoms with Crippen LogP contribution in [-0.2, 0) is 4.74 Å². The Hall–Kier alpha value is -1.53. The minimum absolute atomic E-state index is 0.0953. The first kappa shape index (κ1) is 12.5. The van der Waals surface area contributed by atoms with Gasteiger partial charge in [0.15, 0.2) is 0 Å². The molecule has 2 heterocycles. The van der Waals surface area contributed by atoms with Crippen molar-refractivity contribution in [1.82, 2.24) is 20.8 Å². The molecule has 102 valence electrons. The van der Waals surface area contributed by atoms with E-state index >= 15 is 0 Å². The summed E-state index contributed by atoms with van der Waals surface area (Å²) in [5.41, 5.74) is 0.548. The summed E-state index contributed by atoms with van der Waals surface area (Å²) in [6.07, 6.45) is 5.46. The van der Waals surface area contributed by atoms with Gasteiger partial charge >= 0.3 is 0 Å². The molecule has 1 aromatic rings. The molecule has 3 atom stereocenters. The van der Waals surface area contributed by atoms with Gasteiger partial charge in [-0.05, 0) is 18.9 Å². The van der Waals surface area contributed by atoms with Crippen LogP contribution in [0.3, 0.4) is 0 Å². The van der Waals surface area contributed by atoms with Crippen molar-refractivity contribution in [3.05, 3.63) is 24.0 Å². The third-order valence-electron chi connectivity index (χ3n) is 3.90. The van der Waals surface area contributed by atoms with Gasteiger partial charge < -0.3 is 15.4 Å². The predicted molar refractivity (Wildman–Crippen MR) is 68.6 cm³/mol. The molecule has 1 amide bonds. The van der Waals surface area contributed by atoms with E-state index in [4.69, 9.17) is 4.74 Å². The maximum atomic E-state index is 11.9. The van der Waals surface area contributed by atoms with Crippen LogP contribution in [0.2, 0.25) is 0 Å². The first-order valence-electron chi connectivity index (χ1n) is 6.74. The van der Waals surface area contributed by atoms with Gasteiger partial charge in [-0.1, -0.05) is 0 Å². The Kier molecular flexibility index (Phi) is 3.70. The summed E-state index contributed by atoms with van der Waals surface area (Å²) in [6, 6.07) is 2.12. The van der Waals surface area contributed by atoms with Crippen LogP contribution >= 0.6 is 0 Å². The maximum absolute atomic E-state index is 11.9. The average Bonchev–Trinajstić information content (AvgIpc) is 2.89. The molecule has 3 rings (SSSR count). The van der Waals surface area contributed by atoms with E-state index in [1.807, 2.05) is 0 Å². The molecular formula is C13H18N4O2. The molecule has 1 aromatic heterocycles. The van der Waals surface area contributed by atoms with Crippen molar-refractivity contribution in [3.63, 3.8) is 0 Å². The van der Waals surface area contributed by atoms with Crippen LogP contribution in [0, 0.1) is 5.92 Å². The highest BCUT2D eigenvalue weighted by Crippen LogP contribution is 2.29. The summed E-state index contributed by atoms with van der Waals surface area (Å²) >= 11 is 0. The number of hydrogen-bond donors (Lipinski definition) is 2. The van der Waals surface area contributed by atoms with Crippen molar-refractivity contribution in [2.75, 3.05) is 19.7 Å². The summed E-state index contributed by atoms with van der Waals surface area (Å²) in [4.78, 5) is 11.9. The Morgan fingerprint density at radius 2 is 2.42 bits per heavy atom. The second-order valence-corrected chi connectivity index (χ2v) is 5.07. The van der Waals surface area contributed by atoms with Crippen molar-refractivity contribution < 1.29 is 9.53 Å². The van der Waals surface area contributed by atoms with E-state index < -0.39 is 0 Å². The van der Waals surface area contributed by atoms with Crippen LogP contribution in [0.5, 0.6) is 0 Å². The summed E-state index contributed by atoms with van der Waals surface area (Å²) in [6.45, 7) is 2.35. The van der Waals surface area contributed by atoms with Crippen LogP contribution in [0.1, 0.15) is 23.2 Å². The highest BCUT2D eigenvalue weighted by molar-refractivity contribution is 5.93. The molecular weight excluding hydrogens is 244 g/mol. The zero-order chi connectivity index (χ0) is 13.1. The molecule has 1 aliphatic carbocycles. The fraction of sp³-hybridized carbons (Fsp3) is 0.615. The molecule has 2 fully saturated rings. The largest absolute Gasteiger partial charge is 0.375 e. The average molecular weight is 262 g/mol. The zero-order valence-corrected chi connectivity index (χ0v) is 10.7. The highest BCUT2D eigenvalue weighted by atomic mass is 16.5. The van der Waals surface area contributed by atoms with Gasteiger partial charge in [-0.15, -0.1) is 0 Å². The molecule has 0 bridgehead atoms. The number of fused-ring (bicyclic) bond motifs is 1. The Morgan fingerprint density at radius 1 is 1.47 bits per heavy atom. The van der Waals surface area contributed by atoms with E-state index in [2.05, 4.69) is 20.8 Å². The van der Waals surface area contributed by atoms with E-state index in [9.17, 15) is 4.79 Å². The van der Waals surface area contributed by atoms with Crippen molar-refractivity contribution in [3.8, 4) is 0 Å². The normalized spacial score (nSPS) is 29.8. The lowest BCUT2D eigenvalue weighted by Gasteiger charge is -2.30. The molecule has 2 aliphatic rings. The smallest absolute Gasteiger partial charge is 0.252 e. The number of amides is 1. The number of rotatable bonds is 3. The summed E-state index contributed by atoms with van der Waals surface area (Å²) in [7, 11) is 0. The van der Waals surface area contributed by atoms with Gasteiger partial charge in [-0.25, -0.2) is 0 Å². The second kappa shape index (κ2) is 5.63. The van der Waals surface area contributed by atoms with E-state index in [0.717, 1.165) is 26.0 Å². The predicted octanol–water partition coefficient (Wildman–Crippen LogP) is -0.0266. The van der Waals surface area contributed by atoms with Gasteiger partial charge in [-0.2, -0.15) is 10.2 Å². The molecule has 0 radical (unpaired) electrons. The molecule has 2 N–H and O–H groups in total. The Labute approximate surface area is 111 Å². The molecule has 19 heavy (non-hydrogen) atoms. The van der Waals surface area contributed by atoms with Crippen LogP contribution in [0.15, 0.2) is 18.5 Å². The number of carbonyl (C=O) groups is 1. The number of nitrogens with one attached hydrogen (secondary N) is 2. The lowest BCUT2D eigenvalue weighted by molar-refractivity contribution is -0.0138. The molecule has 0 spiro atoms. The van der Waals surface area contributed by atoms with Gasteiger partial charge in [0.2, 0.25) is 0 Å². The first-order chi connectivity index (χ1) is 9.34. The maximum Gasteiger partial charge on any atom is 0.252 e. The molecule has 3 unspecified atom stereocenters. The monoisotopic (exact) mass is 262 g/mol. The molecule has 6 nitrogen and oxygen atoms in total. The van der Waals surface area contributed by atoms with Gasteiger partial charge in [0.1, 0.15) is 0 Å². The molecule has 6 heteroatoms. The number of aromatic nitrogens is 2.